The second kappa shape index (κ2) is 9.67. The number of nitrogens with one attached hydrogen (secondary N) is 2. The molecular formula is C24H22FN5O4. The molecule has 0 amide bonds. The maximum atomic E-state index is 13.5. The summed E-state index contributed by atoms with van der Waals surface area (Å²) in [5.74, 6) is -2.33. The van der Waals surface area contributed by atoms with Crippen molar-refractivity contribution in [3.63, 3.8) is 0 Å². The number of hydrogen-bond donors (Lipinski definition) is 4. The quantitative estimate of drug-likeness (QED) is 0.316. The lowest BCUT2D eigenvalue weighted by Crippen LogP contribution is -2.26. The van der Waals surface area contributed by atoms with Crippen LogP contribution in [0.3, 0.4) is 0 Å². The fourth-order valence-corrected chi connectivity index (χ4v) is 3.51. The average Bonchev–Trinajstić information content (AvgIpc) is 3.24. The number of aliphatic hydroxyl groups excluding tert-OH is 1. The first-order valence-electron chi connectivity index (χ1n) is 10.5. The van der Waals surface area contributed by atoms with Gasteiger partial charge in [0, 0.05) is 18.2 Å². The topological polar surface area (TPSA) is 133 Å². The monoisotopic (exact) mass is 463 g/mol. The van der Waals surface area contributed by atoms with Crippen molar-refractivity contribution in [3.8, 4) is 28.2 Å². The minimum absolute atomic E-state index is 0.0933. The van der Waals surface area contributed by atoms with E-state index in [0.717, 1.165) is 5.56 Å². The SMILES string of the molecule is Cc1ccccc1-n1nc(-c2c(NCC(CO)C(=O)O)n[nH]c2-c2ccc(F)cc2)ccc1=O. The van der Waals surface area contributed by atoms with Crippen LogP contribution in [-0.2, 0) is 4.79 Å². The van der Waals surface area contributed by atoms with Crippen LogP contribution in [-0.4, -0.2) is 49.3 Å². The molecule has 10 heteroatoms. The van der Waals surface area contributed by atoms with Crippen molar-refractivity contribution in [1.82, 2.24) is 20.0 Å². The van der Waals surface area contributed by atoms with Crippen LogP contribution in [0.2, 0.25) is 0 Å². The van der Waals surface area contributed by atoms with Gasteiger partial charge in [0.25, 0.3) is 5.56 Å². The summed E-state index contributed by atoms with van der Waals surface area (Å²) in [5, 5.41) is 33.3. The van der Waals surface area contributed by atoms with Gasteiger partial charge in [0.15, 0.2) is 5.82 Å². The zero-order valence-electron chi connectivity index (χ0n) is 18.2. The number of aromatic nitrogens is 4. The highest BCUT2D eigenvalue weighted by atomic mass is 19.1. The minimum Gasteiger partial charge on any atom is -0.481 e. The highest BCUT2D eigenvalue weighted by molar-refractivity contribution is 5.87. The Labute approximate surface area is 193 Å². The van der Waals surface area contributed by atoms with Crippen molar-refractivity contribution < 1.29 is 19.4 Å². The first-order valence-corrected chi connectivity index (χ1v) is 10.5. The van der Waals surface area contributed by atoms with Gasteiger partial charge in [-0.1, -0.05) is 18.2 Å². The molecule has 0 saturated carbocycles. The van der Waals surface area contributed by atoms with Gasteiger partial charge in [-0.05, 0) is 48.9 Å². The predicted molar refractivity (Wildman–Crippen MR) is 124 cm³/mol. The van der Waals surface area contributed by atoms with E-state index >= 15 is 0 Å². The first kappa shape index (κ1) is 22.9. The van der Waals surface area contributed by atoms with E-state index in [1.807, 2.05) is 19.1 Å². The molecule has 0 aliphatic heterocycles. The molecular weight excluding hydrogens is 441 g/mol. The van der Waals surface area contributed by atoms with Crippen LogP contribution >= 0.6 is 0 Å². The zero-order chi connectivity index (χ0) is 24.2. The van der Waals surface area contributed by atoms with Crippen molar-refractivity contribution in [3.05, 3.63) is 82.4 Å². The first-order chi connectivity index (χ1) is 16.4. The Morgan fingerprint density at radius 2 is 1.88 bits per heavy atom. The molecule has 0 radical (unpaired) electrons. The third-order valence-corrected chi connectivity index (χ3v) is 5.38. The lowest BCUT2D eigenvalue weighted by Gasteiger charge is -2.13. The molecule has 9 nitrogen and oxygen atoms in total. The Hall–Kier alpha value is -4.31. The van der Waals surface area contributed by atoms with Crippen molar-refractivity contribution >= 4 is 11.8 Å². The van der Waals surface area contributed by atoms with Gasteiger partial charge in [-0.3, -0.25) is 14.7 Å². The van der Waals surface area contributed by atoms with E-state index < -0.39 is 24.3 Å². The van der Waals surface area contributed by atoms with Crippen LogP contribution in [0.25, 0.3) is 28.2 Å². The van der Waals surface area contributed by atoms with Crippen LogP contribution in [0.1, 0.15) is 5.56 Å². The summed E-state index contributed by atoms with van der Waals surface area (Å²) in [6.45, 7) is 1.22. The van der Waals surface area contributed by atoms with Crippen molar-refractivity contribution in [2.24, 2.45) is 5.92 Å². The summed E-state index contributed by atoms with van der Waals surface area (Å²) >= 11 is 0. The van der Waals surface area contributed by atoms with E-state index in [9.17, 15) is 24.2 Å². The molecule has 34 heavy (non-hydrogen) atoms. The molecule has 1 unspecified atom stereocenters. The van der Waals surface area contributed by atoms with E-state index in [1.165, 1.54) is 22.9 Å². The van der Waals surface area contributed by atoms with E-state index in [2.05, 4.69) is 20.6 Å². The molecule has 2 aromatic heterocycles. The molecule has 174 valence electrons. The van der Waals surface area contributed by atoms with Gasteiger partial charge in [-0.2, -0.15) is 14.9 Å². The number of hydrogen-bond acceptors (Lipinski definition) is 6. The Bertz CT molecular complexity index is 1380. The molecule has 0 spiro atoms. The van der Waals surface area contributed by atoms with E-state index in [-0.39, 0.29) is 17.9 Å². The highest BCUT2D eigenvalue weighted by Gasteiger charge is 2.22. The highest BCUT2D eigenvalue weighted by Crippen LogP contribution is 2.35. The van der Waals surface area contributed by atoms with Crippen LogP contribution in [0, 0.1) is 18.7 Å². The van der Waals surface area contributed by atoms with Crippen LogP contribution < -0.4 is 10.9 Å². The summed E-state index contributed by atoms with van der Waals surface area (Å²) in [7, 11) is 0. The number of aliphatic hydroxyl groups is 1. The third-order valence-electron chi connectivity index (χ3n) is 5.38. The van der Waals surface area contributed by atoms with E-state index in [4.69, 9.17) is 0 Å². The normalized spacial score (nSPS) is 11.9. The number of anilines is 1. The lowest BCUT2D eigenvalue weighted by molar-refractivity contribution is -0.142. The fourth-order valence-electron chi connectivity index (χ4n) is 3.51. The van der Waals surface area contributed by atoms with Crippen LogP contribution in [0.4, 0.5) is 10.2 Å². The second-order valence-electron chi connectivity index (χ2n) is 7.68. The number of aryl methyl sites for hydroxylation is 1. The number of halogens is 1. The van der Waals surface area contributed by atoms with Gasteiger partial charge in [0.1, 0.15) is 5.82 Å². The molecule has 4 rings (SSSR count). The van der Waals surface area contributed by atoms with Crippen molar-refractivity contribution in [1.29, 1.82) is 0 Å². The Balaban J connectivity index is 1.85. The van der Waals surface area contributed by atoms with Gasteiger partial charge in [-0.15, -0.1) is 0 Å². The Kier molecular flexibility index (Phi) is 6.51. The summed E-state index contributed by atoms with van der Waals surface area (Å²) in [6.07, 6.45) is 0. The fraction of sp³-hybridized carbons (Fsp3) is 0.167. The summed E-state index contributed by atoms with van der Waals surface area (Å²) in [6, 6.07) is 16.0. The molecule has 2 aromatic carbocycles. The number of carboxylic acid groups (broad SMARTS) is 1. The van der Waals surface area contributed by atoms with Gasteiger partial charge < -0.3 is 15.5 Å². The van der Waals surface area contributed by atoms with E-state index in [1.54, 1.807) is 30.3 Å². The Morgan fingerprint density at radius 3 is 2.56 bits per heavy atom. The smallest absolute Gasteiger partial charge is 0.310 e. The van der Waals surface area contributed by atoms with Crippen molar-refractivity contribution in [2.45, 2.75) is 6.92 Å². The van der Waals surface area contributed by atoms with Crippen LogP contribution in [0.15, 0.2) is 65.5 Å². The molecule has 1 atom stereocenters. The maximum absolute atomic E-state index is 13.5. The van der Waals surface area contributed by atoms with Crippen LogP contribution in [0.5, 0.6) is 0 Å². The summed E-state index contributed by atoms with van der Waals surface area (Å²) in [5.41, 5.74) is 3.11. The number of carbonyl (C=O) groups is 1. The molecule has 2 heterocycles. The standard InChI is InChI=1S/C24H22FN5O4/c1-14-4-2-3-5-19(14)30-20(32)11-10-18(29-30)21-22(15-6-8-17(25)9-7-15)27-28-23(21)26-12-16(13-31)24(33)34/h2-11,16,31H,12-13H2,1H3,(H,33,34)(H2,26,27,28). The van der Waals surface area contributed by atoms with Gasteiger partial charge in [0.05, 0.1) is 35.2 Å². The Morgan fingerprint density at radius 1 is 1.15 bits per heavy atom. The number of H-pyrrole nitrogens is 1. The lowest BCUT2D eigenvalue weighted by atomic mass is 10.0. The molecule has 0 aliphatic rings. The molecule has 0 saturated heterocycles. The number of benzene rings is 2. The second-order valence-corrected chi connectivity index (χ2v) is 7.68. The number of aliphatic carboxylic acids is 1. The van der Waals surface area contributed by atoms with Gasteiger partial charge in [-0.25, -0.2) is 4.39 Å². The molecule has 4 N–H and O–H groups in total. The number of carboxylic acids is 1. The summed E-state index contributed by atoms with van der Waals surface area (Å²) in [4.78, 5) is 23.9. The molecule has 4 aromatic rings. The predicted octanol–water partition coefficient (Wildman–Crippen LogP) is 2.84. The van der Waals surface area contributed by atoms with Gasteiger partial charge in [0.2, 0.25) is 0 Å². The average molecular weight is 463 g/mol. The molecule has 0 aliphatic carbocycles. The largest absolute Gasteiger partial charge is 0.481 e. The number of aromatic amines is 1. The summed E-state index contributed by atoms with van der Waals surface area (Å²) < 4.78 is 14.8. The van der Waals surface area contributed by atoms with Crippen molar-refractivity contribution in [2.75, 3.05) is 18.5 Å². The molecule has 0 bridgehead atoms. The minimum atomic E-state index is -1.16. The number of nitrogens with zero attached hydrogens (tertiary/aromatic N) is 3. The molecule has 0 fully saturated rings. The van der Waals surface area contributed by atoms with Gasteiger partial charge >= 0.3 is 5.97 Å². The van der Waals surface area contributed by atoms with E-state index in [0.29, 0.717) is 28.2 Å². The third kappa shape index (κ3) is 4.57. The number of rotatable bonds is 8. The maximum Gasteiger partial charge on any atom is 0.310 e. The number of para-hydroxylation sites is 1. The zero-order valence-corrected chi connectivity index (χ0v) is 18.2.